The second kappa shape index (κ2) is 4.46. The number of benzene rings is 1. The average Bonchev–Trinajstić information content (AvgIpc) is 3.15. The maximum absolute atomic E-state index is 5.92. The van der Waals surface area contributed by atoms with Crippen LogP contribution in [0.2, 0.25) is 0 Å². The zero-order valence-electron chi connectivity index (χ0n) is 11.3. The van der Waals surface area contributed by atoms with E-state index in [9.17, 15) is 0 Å². The highest BCUT2D eigenvalue weighted by molar-refractivity contribution is 9.10. The van der Waals surface area contributed by atoms with Crippen LogP contribution in [0.15, 0.2) is 28.7 Å². The van der Waals surface area contributed by atoms with Crippen LogP contribution >= 0.6 is 15.9 Å². The molecule has 0 aliphatic heterocycles. The van der Waals surface area contributed by atoms with E-state index < -0.39 is 0 Å². The molecule has 0 spiro atoms. The Balaban J connectivity index is 2.08. The Bertz CT molecular complexity index is 609. The molecule has 2 N–H and O–H groups in total. The SMILES string of the molecule is Cc1ccc(-n2nc(C3(CN)CC3)c(Br)c2C)cc1. The van der Waals surface area contributed by atoms with Gasteiger partial charge < -0.3 is 5.73 Å². The molecule has 0 saturated heterocycles. The molecule has 100 valence electrons. The third-order valence-electron chi connectivity index (χ3n) is 4.07. The lowest BCUT2D eigenvalue weighted by atomic mass is 10.0. The van der Waals surface area contributed by atoms with Gasteiger partial charge in [-0.25, -0.2) is 4.68 Å². The fourth-order valence-electron chi connectivity index (χ4n) is 2.45. The normalized spacial score (nSPS) is 16.6. The molecule has 3 nitrogen and oxygen atoms in total. The van der Waals surface area contributed by atoms with Gasteiger partial charge in [0, 0.05) is 12.0 Å². The minimum atomic E-state index is 0.111. The first-order valence-corrected chi connectivity index (χ1v) is 7.39. The maximum atomic E-state index is 5.92. The van der Waals surface area contributed by atoms with Crippen LogP contribution in [0.1, 0.15) is 29.8 Å². The Labute approximate surface area is 121 Å². The molecular formula is C15H18BrN3. The van der Waals surface area contributed by atoms with Crippen molar-refractivity contribution in [2.75, 3.05) is 6.54 Å². The molecule has 1 fully saturated rings. The van der Waals surface area contributed by atoms with Crippen molar-refractivity contribution < 1.29 is 0 Å². The standard InChI is InChI=1S/C15H18BrN3/c1-10-3-5-12(6-4-10)19-11(2)13(16)14(18-19)15(9-17)7-8-15/h3-6H,7-9,17H2,1-2H3. The summed E-state index contributed by atoms with van der Waals surface area (Å²) in [6.07, 6.45) is 2.29. The molecule has 0 bridgehead atoms. The first kappa shape index (κ1) is 12.9. The van der Waals surface area contributed by atoms with Gasteiger partial charge in [0.2, 0.25) is 0 Å². The quantitative estimate of drug-likeness (QED) is 0.943. The van der Waals surface area contributed by atoms with Gasteiger partial charge in [-0.3, -0.25) is 0 Å². The molecule has 1 aliphatic carbocycles. The molecule has 19 heavy (non-hydrogen) atoms. The second-order valence-electron chi connectivity index (χ2n) is 5.48. The number of nitrogens with two attached hydrogens (primary N) is 1. The summed E-state index contributed by atoms with van der Waals surface area (Å²) < 4.78 is 3.12. The van der Waals surface area contributed by atoms with E-state index in [0.717, 1.165) is 34.4 Å². The number of rotatable bonds is 3. The Morgan fingerprint density at radius 3 is 2.42 bits per heavy atom. The summed E-state index contributed by atoms with van der Waals surface area (Å²) in [6, 6.07) is 8.43. The van der Waals surface area contributed by atoms with E-state index >= 15 is 0 Å². The van der Waals surface area contributed by atoms with E-state index in [0.29, 0.717) is 6.54 Å². The van der Waals surface area contributed by atoms with E-state index in [4.69, 9.17) is 10.8 Å². The molecule has 1 aromatic carbocycles. The zero-order chi connectivity index (χ0) is 13.6. The molecule has 4 heteroatoms. The van der Waals surface area contributed by atoms with E-state index in [2.05, 4.69) is 54.0 Å². The molecule has 2 aromatic rings. The topological polar surface area (TPSA) is 43.8 Å². The maximum Gasteiger partial charge on any atom is 0.0848 e. The van der Waals surface area contributed by atoms with Gasteiger partial charge in [-0.15, -0.1) is 0 Å². The lowest BCUT2D eigenvalue weighted by molar-refractivity contribution is 0.658. The smallest absolute Gasteiger partial charge is 0.0848 e. The van der Waals surface area contributed by atoms with Gasteiger partial charge in [-0.05, 0) is 54.8 Å². The molecule has 0 unspecified atom stereocenters. The Morgan fingerprint density at radius 2 is 1.89 bits per heavy atom. The van der Waals surface area contributed by atoms with Crippen molar-refractivity contribution in [3.63, 3.8) is 0 Å². The monoisotopic (exact) mass is 319 g/mol. The van der Waals surface area contributed by atoms with E-state index in [1.165, 1.54) is 5.56 Å². The third-order valence-corrected chi connectivity index (χ3v) is 5.02. The molecule has 0 amide bonds. The van der Waals surface area contributed by atoms with Gasteiger partial charge in [-0.1, -0.05) is 17.7 Å². The summed E-state index contributed by atoms with van der Waals surface area (Å²) in [5, 5.41) is 4.80. The van der Waals surface area contributed by atoms with Gasteiger partial charge in [0.15, 0.2) is 0 Å². The van der Waals surface area contributed by atoms with Crippen LogP contribution in [0.4, 0.5) is 0 Å². The first-order valence-electron chi connectivity index (χ1n) is 6.60. The lowest BCUT2D eigenvalue weighted by Crippen LogP contribution is -2.21. The number of hydrogen-bond acceptors (Lipinski definition) is 2. The van der Waals surface area contributed by atoms with Crippen molar-refractivity contribution >= 4 is 15.9 Å². The van der Waals surface area contributed by atoms with Gasteiger partial charge >= 0.3 is 0 Å². The molecule has 1 heterocycles. The molecule has 0 radical (unpaired) electrons. The summed E-state index contributed by atoms with van der Waals surface area (Å²) in [6.45, 7) is 4.86. The number of hydrogen-bond donors (Lipinski definition) is 1. The van der Waals surface area contributed by atoms with Crippen LogP contribution < -0.4 is 5.73 Å². The third kappa shape index (κ3) is 2.03. The summed E-state index contributed by atoms with van der Waals surface area (Å²) >= 11 is 3.69. The van der Waals surface area contributed by atoms with Crippen molar-refractivity contribution in [2.45, 2.75) is 32.1 Å². The van der Waals surface area contributed by atoms with Crippen LogP contribution in [0.25, 0.3) is 5.69 Å². The molecule has 1 aromatic heterocycles. The highest BCUT2D eigenvalue weighted by Gasteiger charge is 2.47. The van der Waals surface area contributed by atoms with Gasteiger partial charge in [0.05, 0.1) is 21.5 Å². The summed E-state index contributed by atoms with van der Waals surface area (Å²) in [5.41, 5.74) is 10.6. The predicted molar refractivity (Wildman–Crippen MR) is 80.7 cm³/mol. The van der Waals surface area contributed by atoms with Crippen molar-refractivity contribution in [1.29, 1.82) is 0 Å². The first-order chi connectivity index (χ1) is 9.07. The lowest BCUT2D eigenvalue weighted by Gasteiger charge is -2.09. The minimum Gasteiger partial charge on any atom is -0.330 e. The minimum absolute atomic E-state index is 0.111. The zero-order valence-corrected chi connectivity index (χ0v) is 12.9. The van der Waals surface area contributed by atoms with Gasteiger partial charge in [-0.2, -0.15) is 5.10 Å². The summed E-state index contributed by atoms with van der Waals surface area (Å²) in [4.78, 5) is 0. The van der Waals surface area contributed by atoms with Crippen LogP contribution in [0.5, 0.6) is 0 Å². The van der Waals surface area contributed by atoms with E-state index in [1.54, 1.807) is 0 Å². The van der Waals surface area contributed by atoms with Gasteiger partial charge in [0.25, 0.3) is 0 Å². The number of nitrogens with zero attached hydrogens (tertiary/aromatic N) is 2. The number of aromatic nitrogens is 2. The predicted octanol–water partition coefficient (Wildman–Crippen LogP) is 3.24. The van der Waals surface area contributed by atoms with Gasteiger partial charge in [0.1, 0.15) is 0 Å². The fraction of sp³-hybridized carbons (Fsp3) is 0.400. The van der Waals surface area contributed by atoms with Crippen molar-refractivity contribution in [3.05, 3.63) is 45.7 Å². The van der Waals surface area contributed by atoms with Crippen LogP contribution in [0.3, 0.4) is 0 Å². The second-order valence-corrected chi connectivity index (χ2v) is 6.27. The van der Waals surface area contributed by atoms with Crippen LogP contribution in [0, 0.1) is 13.8 Å². The number of halogens is 1. The molecular weight excluding hydrogens is 302 g/mol. The van der Waals surface area contributed by atoms with E-state index in [-0.39, 0.29) is 5.41 Å². The van der Waals surface area contributed by atoms with Crippen molar-refractivity contribution in [3.8, 4) is 5.69 Å². The van der Waals surface area contributed by atoms with Crippen molar-refractivity contribution in [1.82, 2.24) is 9.78 Å². The Kier molecular flexibility index (Phi) is 3.02. The molecule has 1 saturated carbocycles. The van der Waals surface area contributed by atoms with Crippen LogP contribution in [-0.4, -0.2) is 16.3 Å². The summed E-state index contributed by atoms with van der Waals surface area (Å²) in [7, 11) is 0. The highest BCUT2D eigenvalue weighted by atomic mass is 79.9. The fourth-order valence-corrected chi connectivity index (χ4v) is 3.12. The molecule has 0 atom stereocenters. The number of aryl methyl sites for hydroxylation is 1. The van der Waals surface area contributed by atoms with Crippen molar-refractivity contribution in [2.24, 2.45) is 5.73 Å². The largest absolute Gasteiger partial charge is 0.330 e. The molecule has 3 rings (SSSR count). The highest BCUT2D eigenvalue weighted by Crippen LogP contribution is 2.49. The van der Waals surface area contributed by atoms with Crippen LogP contribution in [-0.2, 0) is 5.41 Å². The average molecular weight is 320 g/mol. The molecule has 1 aliphatic rings. The Morgan fingerprint density at radius 1 is 1.26 bits per heavy atom. The van der Waals surface area contributed by atoms with E-state index in [1.807, 2.05) is 4.68 Å². The summed E-state index contributed by atoms with van der Waals surface area (Å²) in [5.74, 6) is 0. The Hall–Kier alpha value is -1.13.